The summed E-state index contributed by atoms with van der Waals surface area (Å²) in [6.45, 7) is 0. The maximum atomic E-state index is 12.9. The maximum absolute atomic E-state index is 12.9. The number of aliphatic hydroxyl groups excluding tert-OH is 1. The highest BCUT2D eigenvalue weighted by atomic mass is 19.4. The van der Waals surface area contributed by atoms with Gasteiger partial charge in [-0.1, -0.05) is 12.1 Å². The van der Waals surface area contributed by atoms with Crippen molar-refractivity contribution in [2.45, 2.75) is 12.3 Å². The van der Waals surface area contributed by atoms with E-state index in [0.29, 0.717) is 0 Å². The molecule has 0 radical (unpaired) electrons. The minimum Gasteiger partial charge on any atom is -0.493 e. The number of aromatic nitrogens is 2. The van der Waals surface area contributed by atoms with E-state index in [1.165, 1.54) is 12.1 Å². The van der Waals surface area contributed by atoms with Gasteiger partial charge in [0, 0.05) is 0 Å². The fourth-order valence-electron chi connectivity index (χ4n) is 2.22. The summed E-state index contributed by atoms with van der Waals surface area (Å²) >= 11 is 0. The third-order valence-electron chi connectivity index (χ3n) is 3.45. The van der Waals surface area contributed by atoms with Crippen LogP contribution in [0.2, 0.25) is 0 Å². The van der Waals surface area contributed by atoms with Crippen molar-refractivity contribution in [1.29, 1.82) is 0 Å². The molecule has 3 rings (SSSR count). The smallest absolute Gasteiger partial charge is 0.416 e. The number of benzene rings is 2. The summed E-state index contributed by atoms with van der Waals surface area (Å²) in [6, 6.07) is 7.43. The van der Waals surface area contributed by atoms with Crippen molar-refractivity contribution in [3.05, 3.63) is 65.2 Å². The predicted octanol–water partition coefficient (Wildman–Crippen LogP) is 3.58. The standard InChI is InChI=1S/C16H10F4N2O2/c17-10-4-1-8(2-5-10)13(23)14-21-12-7-9(16(18,19)20)3-6-11(12)15(24)22-14/h1-7,13,23H,(H,21,22,24). The number of fused-ring (bicyclic) bond motifs is 1. The summed E-state index contributed by atoms with van der Waals surface area (Å²) in [5.41, 5.74) is -0.856. The molecular weight excluding hydrogens is 328 g/mol. The van der Waals surface area contributed by atoms with Crippen LogP contribution in [0.25, 0.3) is 10.9 Å². The Labute approximate surface area is 133 Å². The Balaban J connectivity index is 2.10. The van der Waals surface area contributed by atoms with E-state index in [2.05, 4.69) is 9.97 Å². The molecule has 8 heteroatoms. The van der Waals surface area contributed by atoms with Gasteiger partial charge >= 0.3 is 6.18 Å². The van der Waals surface area contributed by atoms with E-state index in [1.807, 2.05) is 0 Å². The Hall–Kier alpha value is -2.74. The highest BCUT2D eigenvalue weighted by molar-refractivity contribution is 5.84. The van der Waals surface area contributed by atoms with Gasteiger partial charge in [-0.2, -0.15) is 18.2 Å². The number of hydrogen-bond acceptors (Lipinski definition) is 4. The van der Waals surface area contributed by atoms with Crippen LogP contribution in [0.3, 0.4) is 0 Å². The molecule has 2 aromatic carbocycles. The number of halogens is 4. The summed E-state index contributed by atoms with van der Waals surface area (Å²) in [7, 11) is 0. The average molecular weight is 338 g/mol. The minimum absolute atomic E-state index is 0.0260. The second-order valence-electron chi connectivity index (χ2n) is 5.09. The molecule has 0 aliphatic heterocycles. The molecule has 3 aromatic rings. The lowest BCUT2D eigenvalue weighted by molar-refractivity contribution is -0.137. The summed E-state index contributed by atoms with van der Waals surface area (Å²) < 4.78 is 51.3. The number of aliphatic hydroxyl groups is 1. The fourth-order valence-corrected chi connectivity index (χ4v) is 2.22. The molecule has 0 spiro atoms. The molecule has 0 bridgehead atoms. The largest absolute Gasteiger partial charge is 0.493 e. The van der Waals surface area contributed by atoms with Crippen molar-refractivity contribution in [3.8, 4) is 5.88 Å². The lowest BCUT2D eigenvalue weighted by Crippen LogP contribution is -2.08. The number of nitrogens with zero attached hydrogens (tertiary/aromatic N) is 2. The van der Waals surface area contributed by atoms with Gasteiger partial charge < -0.3 is 10.2 Å². The van der Waals surface area contributed by atoms with Crippen molar-refractivity contribution in [2.24, 2.45) is 0 Å². The molecule has 1 unspecified atom stereocenters. The van der Waals surface area contributed by atoms with Gasteiger partial charge in [0.05, 0.1) is 16.5 Å². The molecule has 0 aliphatic rings. The summed E-state index contributed by atoms with van der Waals surface area (Å²) in [6.07, 6.45) is -5.99. The predicted molar refractivity (Wildman–Crippen MR) is 76.7 cm³/mol. The van der Waals surface area contributed by atoms with Crippen LogP contribution in [0.5, 0.6) is 5.88 Å². The van der Waals surface area contributed by atoms with Gasteiger partial charge in [0.15, 0.2) is 5.82 Å². The van der Waals surface area contributed by atoms with E-state index in [0.717, 1.165) is 30.3 Å². The Kier molecular flexibility index (Phi) is 3.84. The van der Waals surface area contributed by atoms with Gasteiger partial charge in [-0.15, -0.1) is 0 Å². The first-order valence-corrected chi connectivity index (χ1v) is 6.77. The molecule has 0 fully saturated rings. The average Bonchev–Trinajstić information content (AvgIpc) is 2.53. The second kappa shape index (κ2) is 5.72. The molecule has 1 atom stereocenters. The molecule has 0 saturated carbocycles. The molecule has 2 N–H and O–H groups in total. The van der Waals surface area contributed by atoms with Crippen molar-refractivity contribution in [1.82, 2.24) is 9.97 Å². The van der Waals surface area contributed by atoms with Gasteiger partial charge in [0.2, 0.25) is 5.88 Å². The first-order valence-electron chi connectivity index (χ1n) is 6.77. The lowest BCUT2D eigenvalue weighted by atomic mass is 10.1. The van der Waals surface area contributed by atoms with Crippen LogP contribution >= 0.6 is 0 Å². The van der Waals surface area contributed by atoms with Crippen molar-refractivity contribution in [3.63, 3.8) is 0 Å². The van der Waals surface area contributed by atoms with Gasteiger partial charge in [0.1, 0.15) is 11.9 Å². The van der Waals surface area contributed by atoms with E-state index < -0.39 is 29.5 Å². The second-order valence-corrected chi connectivity index (χ2v) is 5.09. The number of rotatable bonds is 2. The van der Waals surface area contributed by atoms with E-state index in [9.17, 15) is 27.8 Å². The van der Waals surface area contributed by atoms with Crippen LogP contribution in [0.4, 0.5) is 17.6 Å². The third-order valence-corrected chi connectivity index (χ3v) is 3.45. The van der Waals surface area contributed by atoms with E-state index in [4.69, 9.17) is 0 Å². The highest BCUT2D eigenvalue weighted by Crippen LogP contribution is 2.33. The monoisotopic (exact) mass is 338 g/mol. The third kappa shape index (κ3) is 3.00. The summed E-state index contributed by atoms with van der Waals surface area (Å²) in [5, 5.41) is 20.1. The molecular formula is C16H10F4N2O2. The number of alkyl halides is 3. The molecule has 1 heterocycles. The van der Waals surface area contributed by atoms with E-state index >= 15 is 0 Å². The first-order chi connectivity index (χ1) is 11.3. The number of hydrogen-bond donors (Lipinski definition) is 2. The topological polar surface area (TPSA) is 66.2 Å². The Morgan fingerprint density at radius 1 is 0.958 bits per heavy atom. The van der Waals surface area contributed by atoms with E-state index in [-0.39, 0.29) is 22.3 Å². The van der Waals surface area contributed by atoms with Crippen LogP contribution in [-0.4, -0.2) is 20.2 Å². The van der Waals surface area contributed by atoms with Crippen LogP contribution in [0, 0.1) is 5.82 Å². The van der Waals surface area contributed by atoms with Crippen molar-refractivity contribution in [2.75, 3.05) is 0 Å². The maximum Gasteiger partial charge on any atom is 0.416 e. The Morgan fingerprint density at radius 2 is 1.62 bits per heavy atom. The normalized spacial score (nSPS) is 13.2. The van der Waals surface area contributed by atoms with Crippen LogP contribution in [-0.2, 0) is 6.18 Å². The van der Waals surface area contributed by atoms with Gasteiger partial charge in [-0.3, -0.25) is 0 Å². The molecule has 0 amide bonds. The van der Waals surface area contributed by atoms with Gasteiger partial charge in [0.25, 0.3) is 0 Å². The van der Waals surface area contributed by atoms with E-state index in [1.54, 1.807) is 0 Å². The summed E-state index contributed by atoms with van der Waals surface area (Å²) in [4.78, 5) is 7.61. The highest BCUT2D eigenvalue weighted by Gasteiger charge is 2.31. The van der Waals surface area contributed by atoms with Gasteiger partial charge in [-0.05, 0) is 35.9 Å². The molecule has 0 aliphatic carbocycles. The lowest BCUT2D eigenvalue weighted by Gasteiger charge is -2.12. The van der Waals surface area contributed by atoms with Crippen molar-refractivity contribution >= 4 is 10.9 Å². The molecule has 0 saturated heterocycles. The molecule has 4 nitrogen and oxygen atoms in total. The Bertz CT molecular complexity index is 895. The van der Waals surface area contributed by atoms with Gasteiger partial charge in [-0.25, -0.2) is 9.37 Å². The van der Waals surface area contributed by atoms with Crippen LogP contribution in [0.1, 0.15) is 23.1 Å². The molecule has 1 aromatic heterocycles. The minimum atomic E-state index is -4.56. The van der Waals surface area contributed by atoms with Crippen LogP contribution in [0.15, 0.2) is 42.5 Å². The SMILES string of the molecule is Oc1nc(C(O)c2ccc(F)cc2)nc2cc(C(F)(F)F)ccc12. The first kappa shape index (κ1) is 16.1. The molecule has 24 heavy (non-hydrogen) atoms. The molecule has 124 valence electrons. The Morgan fingerprint density at radius 3 is 2.25 bits per heavy atom. The zero-order chi connectivity index (χ0) is 17.5. The number of aromatic hydroxyl groups is 1. The quantitative estimate of drug-likeness (QED) is 0.701. The fraction of sp³-hybridized carbons (Fsp3) is 0.125. The van der Waals surface area contributed by atoms with Crippen LogP contribution < -0.4 is 0 Å². The summed E-state index contributed by atoms with van der Waals surface area (Å²) in [5.74, 6) is -1.35. The zero-order valence-electron chi connectivity index (χ0n) is 11.9. The zero-order valence-corrected chi connectivity index (χ0v) is 11.9. The van der Waals surface area contributed by atoms with Crippen molar-refractivity contribution < 1.29 is 27.8 Å².